The van der Waals surface area contributed by atoms with Crippen LogP contribution in [0.2, 0.25) is 0 Å². The van der Waals surface area contributed by atoms with Crippen molar-refractivity contribution in [1.82, 2.24) is 20.6 Å². The fourth-order valence-corrected chi connectivity index (χ4v) is 1.94. The molecule has 8 heteroatoms. The normalized spacial score (nSPS) is 15.9. The highest BCUT2D eigenvalue weighted by molar-refractivity contribution is 5.74. The highest BCUT2D eigenvalue weighted by Crippen LogP contribution is 2.29. The van der Waals surface area contributed by atoms with Crippen LogP contribution in [0.4, 0.5) is 5.69 Å². The van der Waals surface area contributed by atoms with Crippen molar-refractivity contribution >= 4 is 11.3 Å². The Bertz CT molecular complexity index is 670. The Kier molecular flexibility index (Phi) is 3.86. The Hall–Kier alpha value is -2.76. The predicted molar refractivity (Wildman–Crippen MR) is 72.5 cm³/mol. The molecule has 0 radical (unpaired) electrons. The van der Waals surface area contributed by atoms with Gasteiger partial charge in [-0.1, -0.05) is 18.2 Å². The molecule has 0 atom stereocenters. The number of ether oxygens (including phenoxy) is 2. The number of hydrogen-bond acceptors (Lipinski definition) is 7. The van der Waals surface area contributed by atoms with Gasteiger partial charge in [-0.3, -0.25) is 0 Å². The summed E-state index contributed by atoms with van der Waals surface area (Å²) < 4.78 is 11.0. The van der Waals surface area contributed by atoms with Crippen LogP contribution in [0.1, 0.15) is 17.7 Å². The summed E-state index contributed by atoms with van der Waals surface area (Å²) in [5.41, 5.74) is 1.93. The average molecular weight is 284 g/mol. The number of tetrazole rings is 1. The van der Waals surface area contributed by atoms with E-state index in [1.807, 2.05) is 30.3 Å². The molecule has 1 aliphatic heterocycles. The van der Waals surface area contributed by atoms with E-state index in [-0.39, 0.29) is 11.4 Å². The van der Waals surface area contributed by atoms with Crippen LogP contribution < -0.4 is 5.32 Å². The molecule has 106 valence electrons. The molecule has 0 aliphatic carbocycles. The van der Waals surface area contributed by atoms with Crippen LogP contribution in [0.25, 0.3) is 5.57 Å². The molecule has 2 heterocycles. The SMILES string of the molecule is N#CC(=CNc1ccccc1C1OCCO1)c1nn[nH]n1. The third-order valence-electron chi connectivity index (χ3n) is 2.92. The number of nitriles is 1. The van der Waals surface area contributed by atoms with Crippen molar-refractivity contribution in [3.05, 3.63) is 41.9 Å². The van der Waals surface area contributed by atoms with E-state index in [9.17, 15) is 0 Å². The number of aromatic nitrogens is 4. The van der Waals surface area contributed by atoms with Crippen molar-refractivity contribution < 1.29 is 9.47 Å². The van der Waals surface area contributed by atoms with Gasteiger partial charge in [-0.25, -0.2) is 0 Å². The number of nitrogens with one attached hydrogen (secondary N) is 2. The van der Waals surface area contributed by atoms with Gasteiger partial charge in [0.2, 0.25) is 5.82 Å². The van der Waals surface area contributed by atoms with Gasteiger partial charge in [0.15, 0.2) is 6.29 Å². The second kappa shape index (κ2) is 6.13. The zero-order chi connectivity index (χ0) is 14.5. The number of allylic oxidation sites excluding steroid dienone is 1. The van der Waals surface area contributed by atoms with E-state index < -0.39 is 6.29 Å². The minimum atomic E-state index is -0.391. The van der Waals surface area contributed by atoms with Gasteiger partial charge >= 0.3 is 0 Å². The molecule has 1 saturated heterocycles. The number of rotatable bonds is 4. The standard InChI is InChI=1S/C13H12N6O2/c14-7-9(12-16-18-19-17-12)8-15-11-4-2-1-3-10(11)13-20-5-6-21-13/h1-4,8,13,15H,5-6H2,(H,16,17,18,19). The highest BCUT2D eigenvalue weighted by Gasteiger charge is 2.20. The maximum Gasteiger partial charge on any atom is 0.216 e. The molecule has 1 aromatic carbocycles. The lowest BCUT2D eigenvalue weighted by atomic mass is 10.1. The summed E-state index contributed by atoms with van der Waals surface area (Å²) in [6, 6.07) is 9.59. The van der Waals surface area contributed by atoms with E-state index in [1.54, 1.807) is 0 Å². The monoisotopic (exact) mass is 284 g/mol. The first kappa shape index (κ1) is 13.2. The van der Waals surface area contributed by atoms with Crippen molar-refractivity contribution in [2.75, 3.05) is 18.5 Å². The average Bonchev–Trinajstić information content (AvgIpc) is 3.22. The van der Waals surface area contributed by atoms with Gasteiger partial charge in [0.25, 0.3) is 0 Å². The van der Waals surface area contributed by atoms with Crippen molar-refractivity contribution in [1.29, 1.82) is 5.26 Å². The molecule has 0 unspecified atom stereocenters. The van der Waals surface area contributed by atoms with Gasteiger partial charge in [-0.15, -0.1) is 10.2 Å². The second-order valence-corrected chi connectivity index (χ2v) is 4.21. The molecule has 0 amide bonds. The van der Waals surface area contributed by atoms with Crippen LogP contribution in [-0.2, 0) is 9.47 Å². The topological polar surface area (TPSA) is 109 Å². The lowest BCUT2D eigenvalue weighted by Gasteiger charge is -2.14. The zero-order valence-electron chi connectivity index (χ0n) is 11.0. The smallest absolute Gasteiger partial charge is 0.216 e. The van der Waals surface area contributed by atoms with Crippen LogP contribution in [0.3, 0.4) is 0 Å². The molecule has 0 bridgehead atoms. The van der Waals surface area contributed by atoms with E-state index in [4.69, 9.17) is 14.7 Å². The van der Waals surface area contributed by atoms with E-state index in [0.29, 0.717) is 13.2 Å². The first-order chi connectivity index (χ1) is 10.4. The molecule has 0 saturated carbocycles. The maximum absolute atomic E-state index is 9.13. The van der Waals surface area contributed by atoms with Crippen LogP contribution in [0, 0.1) is 11.3 Å². The number of nitrogens with zero attached hydrogens (tertiary/aromatic N) is 4. The second-order valence-electron chi connectivity index (χ2n) is 4.21. The molecule has 21 heavy (non-hydrogen) atoms. The summed E-state index contributed by atoms with van der Waals surface area (Å²) in [4.78, 5) is 0. The highest BCUT2D eigenvalue weighted by atomic mass is 16.7. The maximum atomic E-state index is 9.13. The van der Waals surface area contributed by atoms with Crippen LogP contribution in [0.5, 0.6) is 0 Å². The lowest BCUT2D eigenvalue weighted by Crippen LogP contribution is -2.03. The van der Waals surface area contributed by atoms with Gasteiger partial charge < -0.3 is 14.8 Å². The zero-order valence-corrected chi connectivity index (χ0v) is 11.0. The van der Waals surface area contributed by atoms with Crippen LogP contribution >= 0.6 is 0 Å². The summed E-state index contributed by atoms with van der Waals surface area (Å²) >= 11 is 0. The van der Waals surface area contributed by atoms with Crippen LogP contribution in [0.15, 0.2) is 30.5 Å². The Morgan fingerprint density at radius 1 is 1.38 bits per heavy atom. The molecule has 8 nitrogen and oxygen atoms in total. The molecule has 1 fully saturated rings. The van der Waals surface area contributed by atoms with Gasteiger partial charge in [0, 0.05) is 17.5 Å². The first-order valence-electron chi connectivity index (χ1n) is 6.31. The Morgan fingerprint density at radius 2 is 2.19 bits per heavy atom. The third kappa shape index (κ3) is 2.89. The fourth-order valence-electron chi connectivity index (χ4n) is 1.94. The Balaban J connectivity index is 1.83. The van der Waals surface area contributed by atoms with E-state index in [1.165, 1.54) is 6.20 Å². The lowest BCUT2D eigenvalue weighted by molar-refractivity contribution is -0.0435. The third-order valence-corrected chi connectivity index (χ3v) is 2.92. The molecule has 2 N–H and O–H groups in total. The predicted octanol–water partition coefficient (Wildman–Crippen LogP) is 1.22. The first-order valence-corrected chi connectivity index (χ1v) is 6.31. The van der Waals surface area contributed by atoms with E-state index >= 15 is 0 Å². The number of H-pyrrole nitrogens is 1. The van der Waals surface area contributed by atoms with Gasteiger partial charge in [0.1, 0.15) is 11.6 Å². The van der Waals surface area contributed by atoms with Crippen molar-refractivity contribution in [2.45, 2.75) is 6.29 Å². The molecular formula is C13H12N6O2. The minimum absolute atomic E-state index is 0.232. The van der Waals surface area contributed by atoms with Gasteiger partial charge in [-0.2, -0.15) is 10.5 Å². The van der Waals surface area contributed by atoms with Gasteiger partial charge in [-0.05, 0) is 11.3 Å². The molecule has 2 aromatic rings. The summed E-state index contributed by atoms with van der Waals surface area (Å²) in [6.45, 7) is 1.14. The summed E-state index contributed by atoms with van der Waals surface area (Å²) in [7, 11) is 0. The van der Waals surface area contributed by atoms with Crippen molar-refractivity contribution in [3.63, 3.8) is 0 Å². The number of benzene rings is 1. The number of hydrogen-bond donors (Lipinski definition) is 2. The van der Waals surface area contributed by atoms with Crippen LogP contribution in [-0.4, -0.2) is 33.8 Å². The molecule has 1 aliphatic rings. The Labute approximate surface area is 120 Å². The molecule has 1 aromatic heterocycles. The van der Waals surface area contributed by atoms with E-state index in [2.05, 4.69) is 25.9 Å². The molecule has 3 rings (SSSR count). The summed E-state index contributed by atoms with van der Waals surface area (Å²) in [5, 5.41) is 25.5. The largest absolute Gasteiger partial charge is 0.360 e. The quantitative estimate of drug-likeness (QED) is 0.812. The van der Waals surface area contributed by atoms with Crippen molar-refractivity contribution in [2.24, 2.45) is 0 Å². The number of para-hydroxylation sites is 1. The summed E-state index contributed by atoms with van der Waals surface area (Å²) in [5.74, 6) is 0.232. The molecular weight excluding hydrogens is 272 g/mol. The molecule has 0 spiro atoms. The van der Waals surface area contributed by atoms with E-state index in [0.717, 1.165) is 11.3 Å². The summed E-state index contributed by atoms with van der Waals surface area (Å²) in [6.07, 6.45) is 1.14. The van der Waals surface area contributed by atoms with Gasteiger partial charge in [0.05, 0.1) is 13.2 Å². The number of aromatic amines is 1. The Morgan fingerprint density at radius 3 is 2.90 bits per heavy atom. The fraction of sp³-hybridized carbons (Fsp3) is 0.231. The van der Waals surface area contributed by atoms with Crippen molar-refractivity contribution in [3.8, 4) is 6.07 Å². The minimum Gasteiger partial charge on any atom is -0.360 e. The number of anilines is 1.